The number of likely N-dealkylation sites (N-methyl/N-ethyl adjacent to an activating group) is 1. The highest BCUT2D eigenvalue weighted by molar-refractivity contribution is 7.12. The first-order valence-corrected chi connectivity index (χ1v) is 10.0. The van der Waals surface area contributed by atoms with Crippen LogP contribution in [-0.2, 0) is 13.0 Å². The van der Waals surface area contributed by atoms with E-state index in [2.05, 4.69) is 58.6 Å². The lowest BCUT2D eigenvalue weighted by Crippen LogP contribution is -2.46. The summed E-state index contributed by atoms with van der Waals surface area (Å²) in [7, 11) is 2.26. The van der Waals surface area contributed by atoms with Gasteiger partial charge in [-0.25, -0.2) is 0 Å². The standard InChI is InChI=1S/C21H28N2OS/c1-17(24)21-13-19(16-25-21)14-23-11-6-9-20(15-23)22(2)12-10-18-7-4-3-5-8-18/h3-5,7-8,13,16,20H,6,9-12,14-15H2,1-2H3/t20-/m1/s1. The molecule has 0 N–H and O–H groups in total. The lowest BCUT2D eigenvalue weighted by Gasteiger charge is -2.37. The highest BCUT2D eigenvalue weighted by Gasteiger charge is 2.23. The second-order valence-corrected chi connectivity index (χ2v) is 8.03. The quantitative estimate of drug-likeness (QED) is 0.698. The van der Waals surface area contributed by atoms with Crippen LogP contribution in [0.5, 0.6) is 0 Å². The van der Waals surface area contributed by atoms with Gasteiger partial charge in [0.2, 0.25) is 0 Å². The predicted molar refractivity (Wildman–Crippen MR) is 105 cm³/mol. The fraction of sp³-hybridized carbons (Fsp3) is 0.476. The normalized spacial score (nSPS) is 18.6. The number of likely N-dealkylation sites (tertiary alicyclic amines) is 1. The van der Waals surface area contributed by atoms with Gasteiger partial charge in [-0.15, -0.1) is 11.3 Å². The minimum absolute atomic E-state index is 0.174. The van der Waals surface area contributed by atoms with Crippen molar-refractivity contribution in [2.45, 2.75) is 38.8 Å². The van der Waals surface area contributed by atoms with Crippen molar-refractivity contribution in [1.29, 1.82) is 0 Å². The van der Waals surface area contributed by atoms with E-state index in [1.165, 1.54) is 24.0 Å². The number of carbonyl (C=O) groups excluding carboxylic acids is 1. The first-order valence-electron chi connectivity index (χ1n) is 9.16. The average molecular weight is 357 g/mol. The number of benzene rings is 1. The second-order valence-electron chi connectivity index (χ2n) is 7.12. The molecule has 0 saturated carbocycles. The third-order valence-electron chi connectivity index (χ3n) is 5.11. The summed E-state index contributed by atoms with van der Waals surface area (Å²) in [6.07, 6.45) is 3.65. The van der Waals surface area contributed by atoms with Gasteiger partial charge in [-0.1, -0.05) is 30.3 Å². The zero-order chi connectivity index (χ0) is 17.6. The van der Waals surface area contributed by atoms with E-state index in [-0.39, 0.29) is 5.78 Å². The fourth-order valence-electron chi connectivity index (χ4n) is 3.57. The molecule has 0 bridgehead atoms. The number of hydrogen-bond acceptors (Lipinski definition) is 4. The number of Topliss-reactive ketones (excluding diaryl/α,β-unsaturated/α-hetero) is 1. The highest BCUT2D eigenvalue weighted by atomic mass is 32.1. The maximum Gasteiger partial charge on any atom is 0.169 e. The Kier molecular flexibility index (Phi) is 6.40. The van der Waals surface area contributed by atoms with E-state index < -0.39 is 0 Å². The van der Waals surface area contributed by atoms with Crippen molar-refractivity contribution in [1.82, 2.24) is 9.80 Å². The van der Waals surface area contributed by atoms with Crippen LogP contribution in [0.15, 0.2) is 41.8 Å². The van der Waals surface area contributed by atoms with Crippen LogP contribution < -0.4 is 0 Å². The molecule has 0 unspecified atom stereocenters. The van der Waals surface area contributed by atoms with E-state index in [4.69, 9.17) is 0 Å². The molecule has 3 rings (SSSR count). The van der Waals surface area contributed by atoms with Crippen LogP contribution in [0.3, 0.4) is 0 Å². The Labute approximate surface area is 155 Å². The van der Waals surface area contributed by atoms with Crippen LogP contribution in [0.1, 0.15) is 40.6 Å². The Balaban J connectivity index is 1.50. The predicted octanol–water partition coefficient (Wildman–Crippen LogP) is 4.09. The summed E-state index contributed by atoms with van der Waals surface area (Å²) in [4.78, 5) is 17.4. The molecule has 4 heteroatoms. The molecule has 134 valence electrons. The maximum atomic E-state index is 11.5. The van der Waals surface area contributed by atoms with Crippen LogP contribution in [0, 0.1) is 0 Å². The largest absolute Gasteiger partial charge is 0.302 e. The first kappa shape index (κ1) is 18.3. The van der Waals surface area contributed by atoms with Gasteiger partial charge in [0.1, 0.15) is 0 Å². The molecule has 2 heterocycles. The first-order chi connectivity index (χ1) is 12.1. The Hall–Kier alpha value is -1.49. The summed E-state index contributed by atoms with van der Waals surface area (Å²) in [6, 6.07) is 13.4. The van der Waals surface area contributed by atoms with Gasteiger partial charge in [-0.3, -0.25) is 9.69 Å². The maximum absolute atomic E-state index is 11.5. The third kappa shape index (κ3) is 5.24. The molecule has 1 fully saturated rings. The van der Waals surface area contributed by atoms with Gasteiger partial charge in [-0.2, -0.15) is 0 Å². The van der Waals surface area contributed by atoms with Gasteiger partial charge in [0.25, 0.3) is 0 Å². The molecule has 1 aromatic carbocycles. The molecule has 1 atom stereocenters. The van der Waals surface area contributed by atoms with Crippen molar-refractivity contribution < 1.29 is 4.79 Å². The summed E-state index contributed by atoms with van der Waals surface area (Å²) >= 11 is 1.57. The molecular weight excluding hydrogens is 328 g/mol. The van der Waals surface area contributed by atoms with E-state index in [0.29, 0.717) is 6.04 Å². The van der Waals surface area contributed by atoms with Gasteiger partial charge in [0, 0.05) is 25.7 Å². The average Bonchev–Trinajstić information content (AvgIpc) is 3.09. The van der Waals surface area contributed by atoms with Crippen LogP contribution in [-0.4, -0.2) is 48.3 Å². The monoisotopic (exact) mass is 356 g/mol. The Morgan fingerprint density at radius 2 is 2.08 bits per heavy atom. The number of hydrogen-bond donors (Lipinski definition) is 0. The molecule has 0 spiro atoms. The summed E-state index contributed by atoms with van der Waals surface area (Å²) < 4.78 is 0. The van der Waals surface area contributed by atoms with E-state index in [9.17, 15) is 4.79 Å². The van der Waals surface area contributed by atoms with Crippen molar-refractivity contribution >= 4 is 17.1 Å². The molecule has 0 aliphatic carbocycles. The summed E-state index contributed by atoms with van der Waals surface area (Å²) in [5.74, 6) is 0.174. The van der Waals surface area contributed by atoms with Crippen molar-refractivity contribution in [3.05, 3.63) is 57.8 Å². The highest BCUT2D eigenvalue weighted by Crippen LogP contribution is 2.21. The summed E-state index contributed by atoms with van der Waals surface area (Å²) in [5, 5.41) is 2.14. The van der Waals surface area contributed by atoms with E-state index >= 15 is 0 Å². The third-order valence-corrected chi connectivity index (χ3v) is 6.19. The van der Waals surface area contributed by atoms with Crippen molar-refractivity contribution in [2.24, 2.45) is 0 Å². The Morgan fingerprint density at radius 3 is 2.80 bits per heavy atom. The molecule has 1 aliphatic heterocycles. The SMILES string of the molecule is CC(=O)c1cc(CN2CCC[C@@H](N(C)CCc3ccccc3)C2)cs1. The Morgan fingerprint density at radius 1 is 1.28 bits per heavy atom. The van der Waals surface area contributed by atoms with E-state index in [1.54, 1.807) is 18.3 Å². The molecule has 0 amide bonds. The number of rotatable bonds is 7. The molecule has 1 aliphatic rings. The molecular formula is C21H28N2OS. The molecule has 1 aromatic heterocycles. The minimum atomic E-state index is 0.174. The number of nitrogens with zero attached hydrogens (tertiary/aromatic N) is 2. The molecule has 3 nitrogen and oxygen atoms in total. The van der Waals surface area contributed by atoms with Gasteiger partial charge in [-0.05, 0) is 62.4 Å². The van der Waals surface area contributed by atoms with Crippen LogP contribution >= 0.6 is 11.3 Å². The van der Waals surface area contributed by atoms with E-state index in [0.717, 1.165) is 37.5 Å². The molecule has 25 heavy (non-hydrogen) atoms. The van der Waals surface area contributed by atoms with Crippen molar-refractivity contribution in [3.8, 4) is 0 Å². The molecule has 1 saturated heterocycles. The van der Waals surface area contributed by atoms with Crippen molar-refractivity contribution in [2.75, 3.05) is 26.7 Å². The van der Waals surface area contributed by atoms with Gasteiger partial charge in [0.05, 0.1) is 4.88 Å². The van der Waals surface area contributed by atoms with E-state index in [1.807, 2.05) is 0 Å². The zero-order valence-corrected chi connectivity index (χ0v) is 16.1. The smallest absolute Gasteiger partial charge is 0.169 e. The summed E-state index contributed by atoms with van der Waals surface area (Å²) in [6.45, 7) is 6.00. The topological polar surface area (TPSA) is 23.6 Å². The van der Waals surface area contributed by atoms with Gasteiger partial charge in [0.15, 0.2) is 5.78 Å². The number of thiophene rings is 1. The van der Waals surface area contributed by atoms with Crippen LogP contribution in [0.25, 0.3) is 0 Å². The van der Waals surface area contributed by atoms with Gasteiger partial charge >= 0.3 is 0 Å². The lowest BCUT2D eigenvalue weighted by molar-refractivity contribution is 0.102. The Bertz CT molecular complexity index is 682. The van der Waals surface area contributed by atoms with Crippen LogP contribution in [0.4, 0.5) is 0 Å². The number of carbonyl (C=O) groups is 1. The summed E-state index contributed by atoms with van der Waals surface area (Å²) in [5.41, 5.74) is 2.69. The van der Waals surface area contributed by atoms with Gasteiger partial charge < -0.3 is 4.90 Å². The molecule has 0 radical (unpaired) electrons. The molecule has 2 aromatic rings. The van der Waals surface area contributed by atoms with Crippen molar-refractivity contribution in [3.63, 3.8) is 0 Å². The lowest BCUT2D eigenvalue weighted by atomic mass is 10.0. The fourth-order valence-corrected chi connectivity index (χ4v) is 4.37. The second kappa shape index (κ2) is 8.75. The number of piperidine rings is 1. The number of ketones is 1. The zero-order valence-electron chi connectivity index (χ0n) is 15.3. The minimum Gasteiger partial charge on any atom is -0.302 e. The van der Waals surface area contributed by atoms with Crippen LogP contribution in [0.2, 0.25) is 0 Å².